The fraction of sp³-hybridized carbons (Fsp3) is 0.357. The molecule has 124 valence electrons. The van der Waals surface area contributed by atoms with Gasteiger partial charge in [-0.1, -0.05) is 12.1 Å². The molecule has 0 unspecified atom stereocenters. The zero-order chi connectivity index (χ0) is 17.4. The minimum absolute atomic E-state index is 0.145. The van der Waals surface area contributed by atoms with E-state index in [4.69, 9.17) is 10.5 Å². The van der Waals surface area contributed by atoms with Crippen LogP contribution in [-0.2, 0) is 25.5 Å². The first kappa shape index (κ1) is 18.1. The lowest BCUT2D eigenvalue weighted by Crippen LogP contribution is -2.46. The number of hydrogen-bond acceptors (Lipinski definition) is 6. The molecule has 0 spiro atoms. The molecular formula is C14H17N3O6. The fourth-order valence-corrected chi connectivity index (χ4v) is 1.82. The second kappa shape index (κ2) is 8.47. The SMILES string of the molecule is CCOC(=O)C[C@@H](NC(=O)Cc1cccc([N+](=O)[O-])c1)C(N)=O. The number of ether oxygens (including phenoxy) is 1. The molecule has 3 N–H and O–H groups in total. The maximum absolute atomic E-state index is 11.9. The predicted octanol–water partition coefficient (Wildman–Crippen LogP) is 0.0606. The Hall–Kier alpha value is -2.97. The molecule has 2 amide bonds. The van der Waals surface area contributed by atoms with Crippen LogP contribution in [0.4, 0.5) is 5.69 Å². The molecule has 1 atom stereocenters. The van der Waals surface area contributed by atoms with Crippen molar-refractivity contribution in [1.82, 2.24) is 5.32 Å². The van der Waals surface area contributed by atoms with Crippen LogP contribution in [-0.4, -0.2) is 35.4 Å². The lowest BCUT2D eigenvalue weighted by molar-refractivity contribution is -0.384. The highest BCUT2D eigenvalue weighted by atomic mass is 16.6. The molecule has 0 heterocycles. The van der Waals surface area contributed by atoms with E-state index in [-0.39, 0.29) is 25.1 Å². The Bertz CT molecular complexity index is 616. The van der Waals surface area contributed by atoms with E-state index in [1.165, 1.54) is 24.3 Å². The first-order valence-corrected chi connectivity index (χ1v) is 6.81. The van der Waals surface area contributed by atoms with Crippen molar-refractivity contribution in [2.45, 2.75) is 25.8 Å². The van der Waals surface area contributed by atoms with Crippen LogP contribution in [0.3, 0.4) is 0 Å². The van der Waals surface area contributed by atoms with E-state index in [1.807, 2.05) is 0 Å². The van der Waals surface area contributed by atoms with Crippen molar-refractivity contribution in [1.29, 1.82) is 0 Å². The number of rotatable bonds is 8. The van der Waals surface area contributed by atoms with Crippen molar-refractivity contribution < 1.29 is 24.0 Å². The van der Waals surface area contributed by atoms with Gasteiger partial charge in [0.15, 0.2) is 0 Å². The first-order chi connectivity index (χ1) is 10.8. The van der Waals surface area contributed by atoms with Crippen LogP contribution in [0, 0.1) is 10.1 Å². The van der Waals surface area contributed by atoms with Crippen LogP contribution in [0.15, 0.2) is 24.3 Å². The summed E-state index contributed by atoms with van der Waals surface area (Å²) >= 11 is 0. The molecule has 0 saturated carbocycles. The van der Waals surface area contributed by atoms with Gasteiger partial charge in [-0.3, -0.25) is 24.5 Å². The van der Waals surface area contributed by atoms with Gasteiger partial charge < -0.3 is 15.8 Å². The van der Waals surface area contributed by atoms with E-state index < -0.39 is 28.7 Å². The molecule has 9 heteroatoms. The standard InChI is InChI=1S/C14H17N3O6/c1-2-23-13(19)8-11(14(15)20)16-12(18)7-9-4-3-5-10(6-9)17(21)22/h3-6,11H,2,7-8H2,1H3,(H2,15,20)(H,16,18)/t11-/m1/s1. The van der Waals surface area contributed by atoms with Gasteiger partial charge in [-0.25, -0.2) is 0 Å². The molecule has 1 rings (SSSR count). The number of nitrogens with one attached hydrogen (secondary N) is 1. The lowest BCUT2D eigenvalue weighted by atomic mass is 10.1. The van der Waals surface area contributed by atoms with Crippen LogP contribution in [0.2, 0.25) is 0 Å². The molecular weight excluding hydrogens is 306 g/mol. The van der Waals surface area contributed by atoms with Gasteiger partial charge >= 0.3 is 5.97 Å². The summed E-state index contributed by atoms with van der Waals surface area (Å²) in [6.45, 7) is 1.75. The second-order valence-electron chi connectivity index (χ2n) is 4.64. The number of benzene rings is 1. The molecule has 1 aromatic carbocycles. The average Bonchev–Trinajstić information content (AvgIpc) is 2.46. The van der Waals surface area contributed by atoms with Crippen LogP contribution in [0.1, 0.15) is 18.9 Å². The van der Waals surface area contributed by atoms with Crippen molar-refractivity contribution in [2.24, 2.45) is 5.73 Å². The Morgan fingerprint density at radius 1 is 1.39 bits per heavy atom. The number of nitrogens with two attached hydrogens (primary N) is 1. The number of non-ortho nitro benzene ring substituents is 1. The van der Waals surface area contributed by atoms with Crippen molar-refractivity contribution in [3.8, 4) is 0 Å². The zero-order valence-electron chi connectivity index (χ0n) is 12.5. The highest BCUT2D eigenvalue weighted by Gasteiger charge is 2.22. The molecule has 0 saturated heterocycles. The van der Waals surface area contributed by atoms with Gasteiger partial charge in [0.05, 0.1) is 24.4 Å². The Morgan fingerprint density at radius 3 is 2.65 bits per heavy atom. The van der Waals surface area contributed by atoms with Crippen molar-refractivity contribution in [3.05, 3.63) is 39.9 Å². The number of carbonyl (C=O) groups excluding carboxylic acids is 3. The topological polar surface area (TPSA) is 142 Å². The maximum Gasteiger partial charge on any atom is 0.308 e. The summed E-state index contributed by atoms with van der Waals surface area (Å²) in [6, 6.07) is 4.35. The van der Waals surface area contributed by atoms with Gasteiger partial charge in [0.1, 0.15) is 6.04 Å². The summed E-state index contributed by atoms with van der Waals surface area (Å²) in [5.74, 6) is -2.11. The minimum Gasteiger partial charge on any atom is -0.466 e. The number of hydrogen-bond donors (Lipinski definition) is 2. The van der Waals surface area contributed by atoms with E-state index in [2.05, 4.69) is 5.32 Å². The quantitative estimate of drug-likeness (QED) is 0.393. The second-order valence-corrected chi connectivity index (χ2v) is 4.64. The molecule has 0 bridgehead atoms. The Labute approximate surface area is 131 Å². The third-order valence-corrected chi connectivity index (χ3v) is 2.84. The summed E-state index contributed by atoms with van der Waals surface area (Å²) in [4.78, 5) is 44.7. The molecule has 0 radical (unpaired) electrons. The molecule has 0 aromatic heterocycles. The van der Waals surface area contributed by atoms with Gasteiger partial charge in [0.25, 0.3) is 5.69 Å². The van der Waals surface area contributed by atoms with E-state index in [9.17, 15) is 24.5 Å². The zero-order valence-corrected chi connectivity index (χ0v) is 12.5. The first-order valence-electron chi connectivity index (χ1n) is 6.81. The number of amides is 2. The molecule has 23 heavy (non-hydrogen) atoms. The van der Waals surface area contributed by atoms with E-state index in [1.54, 1.807) is 6.92 Å². The highest BCUT2D eigenvalue weighted by molar-refractivity contribution is 5.90. The van der Waals surface area contributed by atoms with Crippen LogP contribution >= 0.6 is 0 Å². The summed E-state index contributed by atoms with van der Waals surface area (Å²) < 4.78 is 4.69. The number of primary amides is 1. The molecule has 0 aliphatic rings. The number of nitrogens with zero attached hydrogens (tertiary/aromatic N) is 1. The van der Waals surface area contributed by atoms with Crippen molar-refractivity contribution in [3.63, 3.8) is 0 Å². The van der Waals surface area contributed by atoms with Gasteiger partial charge in [-0.2, -0.15) is 0 Å². The van der Waals surface area contributed by atoms with Gasteiger partial charge in [-0.05, 0) is 12.5 Å². The van der Waals surface area contributed by atoms with E-state index >= 15 is 0 Å². The lowest BCUT2D eigenvalue weighted by Gasteiger charge is -2.14. The van der Waals surface area contributed by atoms with Crippen LogP contribution in [0.5, 0.6) is 0 Å². The van der Waals surface area contributed by atoms with E-state index in [0.717, 1.165) is 0 Å². The Balaban J connectivity index is 2.69. The monoisotopic (exact) mass is 323 g/mol. The number of nitro groups is 1. The summed E-state index contributed by atoms with van der Waals surface area (Å²) in [5.41, 5.74) is 5.39. The van der Waals surface area contributed by atoms with Crippen LogP contribution < -0.4 is 11.1 Å². The predicted molar refractivity (Wildman–Crippen MR) is 79.2 cm³/mol. The number of nitro benzene ring substituents is 1. The average molecular weight is 323 g/mol. The largest absolute Gasteiger partial charge is 0.466 e. The summed E-state index contributed by atoms with van der Waals surface area (Å²) in [7, 11) is 0. The molecule has 1 aromatic rings. The minimum atomic E-state index is -1.19. The molecule has 0 aliphatic carbocycles. The Morgan fingerprint density at radius 2 is 2.09 bits per heavy atom. The molecule has 9 nitrogen and oxygen atoms in total. The third kappa shape index (κ3) is 6.12. The summed E-state index contributed by atoms with van der Waals surface area (Å²) in [6.07, 6.45) is -0.557. The number of carbonyl (C=O) groups is 3. The van der Waals surface area contributed by atoms with Crippen molar-refractivity contribution in [2.75, 3.05) is 6.61 Å². The molecule has 0 aliphatic heterocycles. The summed E-state index contributed by atoms with van der Waals surface area (Å²) in [5, 5.41) is 13.0. The fourth-order valence-electron chi connectivity index (χ4n) is 1.82. The third-order valence-electron chi connectivity index (χ3n) is 2.84. The number of esters is 1. The Kier molecular flexibility index (Phi) is 6.66. The normalized spacial score (nSPS) is 11.3. The van der Waals surface area contributed by atoms with Gasteiger partial charge in [-0.15, -0.1) is 0 Å². The van der Waals surface area contributed by atoms with Crippen molar-refractivity contribution >= 4 is 23.5 Å². The van der Waals surface area contributed by atoms with E-state index in [0.29, 0.717) is 5.56 Å². The van der Waals surface area contributed by atoms with Gasteiger partial charge in [0.2, 0.25) is 11.8 Å². The van der Waals surface area contributed by atoms with Crippen LogP contribution in [0.25, 0.3) is 0 Å². The van der Waals surface area contributed by atoms with Gasteiger partial charge in [0, 0.05) is 12.1 Å². The maximum atomic E-state index is 11.9. The highest BCUT2D eigenvalue weighted by Crippen LogP contribution is 2.13. The molecule has 0 fully saturated rings. The smallest absolute Gasteiger partial charge is 0.308 e.